The molecule has 0 saturated carbocycles. The average molecular weight is 319 g/mol. The molecule has 1 aromatic carbocycles. The van der Waals surface area contributed by atoms with Gasteiger partial charge < -0.3 is 5.32 Å². The molecule has 1 heterocycles. The molecule has 0 aliphatic rings. The summed E-state index contributed by atoms with van der Waals surface area (Å²) in [6.07, 6.45) is 1.50. The predicted octanol–water partition coefficient (Wildman–Crippen LogP) is 3.40. The fourth-order valence-corrected chi connectivity index (χ4v) is 2.89. The van der Waals surface area contributed by atoms with Crippen molar-refractivity contribution in [3.63, 3.8) is 0 Å². The van der Waals surface area contributed by atoms with Crippen LogP contribution in [0, 0.1) is 6.92 Å². The highest BCUT2D eigenvalue weighted by molar-refractivity contribution is 7.92. The van der Waals surface area contributed by atoms with Crippen LogP contribution in [0.15, 0.2) is 47.5 Å². The molecule has 0 saturated heterocycles. The SMILES string of the molecule is Cc1ccc(S(=O)(=O)Nc2ccc(NC(C)(C)C)nc2)cc1. The largest absolute Gasteiger partial charge is 0.365 e. The van der Waals surface area contributed by atoms with Gasteiger partial charge in [0.2, 0.25) is 0 Å². The summed E-state index contributed by atoms with van der Waals surface area (Å²) in [5, 5.41) is 3.22. The van der Waals surface area contributed by atoms with Crippen LogP contribution < -0.4 is 10.0 Å². The lowest BCUT2D eigenvalue weighted by molar-refractivity contribution is 0.601. The molecular weight excluding hydrogens is 298 g/mol. The third-order valence-electron chi connectivity index (χ3n) is 2.85. The zero-order valence-corrected chi connectivity index (χ0v) is 14.0. The number of hydrogen-bond donors (Lipinski definition) is 2. The summed E-state index contributed by atoms with van der Waals surface area (Å²) in [6, 6.07) is 10.1. The minimum atomic E-state index is -3.59. The maximum Gasteiger partial charge on any atom is 0.261 e. The van der Waals surface area contributed by atoms with Crippen molar-refractivity contribution < 1.29 is 8.42 Å². The molecule has 0 amide bonds. The Morgan fingerprint density at radius 2 is 1.64 bits per heavy atom. The molecule has 5 nitrogen and oxygen atoms in total. The molecule has 0 fully saturated rings. The van der Waals surface area contributed by atoms with Crippen LogP contribution in [0.25, 0.3) is 0 Å². The lowest BCUT2D eigenvalue weighted by atomic mass is 10.1. The van der Waals surface area contributed by atoms with E-state index in [1.165, 1.54) is 6.20 Å². The van der Waals surface area contributed by atoms with Crippen molar-refractivity contribution in [2.24, 2.45) is 0 Å². The number of pyridine rings is 1. The summed E-state index contributed by atoms with van der Waals surface area (Å²) < 4.78 is 27.1. The first-order chi connectivity index (χ1) is 10.2. The third kappa shape index (κ3) is 4.46. The van der Waals surface area contributed by atoms with E-state index in [2.05, 4.69) is 15.0 Å². The van der Waals surface area contributed by atoms with E-state index in [9.17, 15) is 8.42 Å². The van der Waals surface area contributed by atoms with Crippen molar-refractivity contribution in [1.82, 2.24) is 4.98 Å². The highest BCUT2D eigenvalue weighted by atomic mass is 32.2. The zero-order valence-electron chi connectivity index (χ0n) is 13.2. The summed E-state index contributed by atoms with van der Waals surface area (Å²) >= 11 is 0. The summed E-state index contributed by atoms with van der Waals surface area (Å²) in [4.78, 5) is 4.45. The second-order valence-electron chi connectivity index (χ2n) is 6.23. The van der Waals surface area contributed by atoms with Crippen LogP contribution in [0.3, 0.4) is 0 Å². The summed E-state index contributed by atoms with van der Waals surface area (Å²) in [6.45, 7) is 8.00. The maximum absolute atomic E-state index is 12.3. The average Bonchev–Trinajstić information content (AvgIpc) is 2.39. The zero-order chi connectivity index (χ0) is 16.4. The number of sulfonamides is 1. The fraction of sp³-hybridized carbons (Fsp3) is 0.312. The number of rotatable bonds is 4. The Kier molecular flexibility index (Phi) is 4.42. The second-order valence-corrected chi connectivity index (χ2v) is 7.91. The fourth-order valence-electron chi connectivity index (χ4n) is 1.84. The van der Waals surface area contributed by atoms with Crippen LogP contribution in [0.4, 0.5) is 11.5 Å². The lowest BCUT2D eigenvalue weighted by Crippen LogP contribution is -2.26. The first-order valence-corrected chi connectivity index (χ1v) is 8.48. The number of aromatic nitrogens is 1. The molecule has 0 spiro atoms. The van der Waals surface area contributed by atoms with Gasteiger partial charge in [0, 0.05) is 5.54 Å². The summed E-state index contributed by atoms with van der Waals surface area (Å²) in [5.74, 6) is 0.700. The van der Waals surface area contributed by atoms with Crippen molar-refractivity contribution in [2.45, 2.75) is 38.1 Å². The molecule has 1 aromatic heterocycles. The van der Waals surface area contributed by atoms with Crippen molar-refractivity contribution in [3.8, 4) is 0 Å². The van der Waals surface area contributed by atoms with Crippen molar-refractivity contribution in [3.05, 3.63) is 48.2 Å². The molecule has 0 bridgehead atoms. The van der Waals surface area contributed by atoms with E-state index in [-0.39, 0.29) is 10.4 Å². The van der Waals surface area contributed by atoms with Gasteiger partial charge in [-0.3, -0.25) is 4.72 Å². The van der Waals surface area contributed by atoms with Crippen molar-refractivity contribution in [1.29, 1.82) is 0 Å². The Morgan fingerprint density at radius 3 is 2.14 bits per heavy atom. The molecule has 22 heavy (non-hydrogen) atoms. The number of aryl methyl sites for hydroxylation is 1. The molecule has 2 aromatic rings. The first-order valence-electron chi connectivity index (χ1n) is 6.99. The van der Waals surface area contributed by atoms with E-state index < -0.39 is 10.0 Å². The van der Waals surface area contributed by atoms with Gasteiger partial charge >= 0.3 is 0 Å². The number of hydrogen-bond acceptors (Lipinski definition) is 4. The molecule has 0 aliphatic heterocycles. The molecule has 0 radical (unpaired) electrons. The standard InChI is InChI=1S/C16H21N3O2S/c1-12-5-8-14(9-6-12)22(20,21)19-13-7-10-15(17-11-13)18-16(2,3)4/h5-11,19H,1-4H3,(H,17,18). The Labute approximate surface area is 131 Å². The normalized spacial score (nSPS) is 12.0. The lowest BCUT2D eigenvalue weighted by Gasteiger charge is -2.21. The third-order valence-corrected chi connectivity index (χ3v) is 4.25. The van der Waals surface area contributed by atoms with Gasteiger partial charge in [0.15, 0.2) is 0 Å². The van der Waals surface area contributed by atoms with E-state index in [4.69, 9.17) is 0 Å². The van der Waals surface area contributed by atoms with Crippen LogP contribution >= 0.6 is 0 Å². The van der Waals surface area contributed by atoms with E-state index in [1.807, 2.05) is 27.7 Å². The number of nitrogens with zero attached hydrogens (tertiary/aromatic N) is 1. The van der Waals surface area contributed by atoms with Gasteiger partial charge in [0.1, 0.15) is 5.82 Å². The van der Waals surface area contributed by atoms with E-state index >= 15 is 0 Å². The first kappa shape index (κ1) is 16.3. The maximum atomic E-state index is 12.3. The molecular formula is C16H21N3O2S. The molecule has 2 N–H and O–H groups in total. The second kappa shape index (κ2) is 5.96. The minimum Gasteiger partial charge on any atom is -0.365 e. The van der Waals surface area contributed by atoms with Gasteiger partial charge in [-0.2, -0.15) is 0 Å². The van der Waals surface area contributed by atoms with Gasteiger partial charge in [0.05, 0.1) is 16.8 Å². The van der Waals surface area contributed by atoms with Crippen molar-refractivity contribution >= 4 is 21.5 Å². The highest BCUT2D eigenvalue weighted by Gasteiger charge is 2.14. The monoisotopic (exact) mass is 319 g/mol. The molecule has 0 unspecified atom stereocenters. The van der Waals surface area contributed by atoms with Crippen LogP contribution in [0.2, 0.25) is 0 Å². The van der Waals surface area contributed by atoms with Gasteiger partial charge in [-0.25, -0.2) is 13.4 Å². The highest BCUT2D eigenvalue weighted by Crippen LogP contribution is 2.18. The predicted molar refractivity (Wildman–Crippen MR) is 89.6 cm³/mol. The topological polar surface area (TPSA) is 71.1 Å². The molecule has 0 aliphatic carbocycles. The van der Waals surface area contributed by atoms with Crippen LogP contribution in [0.5, 0.6) is 0 Å². The van der Waals surface area contributed by atoms with Gasteiger partial charge in [-0.1, -0.05) is 17.7 Å². The smallest absolute Gasteiger partial charge is 0.261 e. The van der Waals surface area contributed by atoms with E-state index in [0.717, 1.165) is 5.56 Å². The number of benzene rings is 1. The Bertz CT molecular complexity index is 730. The quantitative estimate of drug-likeness (QED) is 0.906. The molecule has 118 valence electrons. The van der Waals surface area contributed by atoms with Gasteiger partial charge in [0.25, 0.3) is 10.0 Å². The summed E-state index contributed by atoms with van der Waals surface area (Å²) in [7, 11) is -3.59. The molecule has 0 atom stereocenters. The Hall–Kier alpha value is -2.08. The molecule has 6 heteroatoms. The van der Waals surface area contributed by atoms with Crippen LogP contribution in [-0.4, -0.2) is 18.9 Å². The van der Waals surface area contributed by atoms with Crippen molar-refractivity contribution in [2.75, 3.05) is 10.0 Å². The van der Waals surface area contributed by atoms with Crippen LogP contribution in [0.1, 0.15) is 26.3 Å². The Morgan fingerprint density at radius 1 is 1.00 bits per heavy atom. The van der Waals surface area contributed by atoms with E-state index in [0.29, 0.717) is 11.5 Å². The minimum absolute atomic E-state index is 0.101. The van der Waals surface area contributed by atoms with Gasteiger partial charge in [-0.15, -0.1) is 0 Å². The number of nitrogens with one attached hydrogen (secondary N) is 2. The number of anilines is 2. The van der Waals surface area contributed by atoms with E-state index in [1.54, 1.807) is 36.4 Å². The van der Waals surface area contributed by atoms with Gasteiger partial charge in [-0.05, 0) is 52.0 Å². The molecule has 2 rings (SSSR count). The Balaban J connectivity index is 2.14. The van der Waals surface area contributed by atoms with Crippen LogP contribution in [-0.2, 0) is 10.0 Å². The summed E-state index contributed by atoms with van der Waals surface area (Å²) in [5.41, 5.74) is 1.34.